The van der Waals surface area contributed by atoms with Crippen LogP contribution < -0.4 is 5.01 Å². The van der Waals surface area contributed by atoms with Gasteiger partial charge in [-0.2, -0.15) is 13.9 Å². The number of benzene rings is 1. The Morgan fingerprint density at radius 1 is 1.45 bits per heavy atom. The van der Waals surface area contributed by atoms with E-state index in [2.05, 4.69) is 15.1 Å². The van der Waals surface area contributed by atoms with Crippen LogP contribution in [0.2, 0.25) is 10.0 Å². The van der Waals surface area contributed by atoms with Gasteiger partial charge in [-0.25, -0.2) is 5.01 Å². The average Bonchev–Trinajstić information content (AvgIpc) is 2.78. The number of hydrogen-bond acceptors (Lipinski definition) is 5. The number of halogens is 4. The first-order valence-electron chi connectivity index (χ1n) is 5.81. The van der Waals surface area contributed by atoms with Crippen molar-refractivity contribution in [1.82, 2.24) is 4.90 Å². The Morgan fingerprint density at radius 2 is 2.14 bits per heavy atom. The summed E-state index contributed by atoms with van der Waals surface area (Å²) in [7, 11) is 0. The molecule has 1 aliphatic rings. The van der Waals surface area contributed by atoms with Crippen LogP contribution in [0.25, 0.3) is 10.4 Å². The van der Waals surface area contributed by atoms with Crippen LogP contribution >= 0.6 is 23.2 Å². The average molecular weight is 349 g/mol. The minimum atomic E-state index is -2.91. The van der Waals surface area contributed by atoms with Gasteiger partial charge in [-0.3, -0.25) is 9.69 Å². The lowest BCUT2D eigenvalue weighted by Gasteiger charge is -2.27. The van der Waals surface area contributed by atoms with E-state index < -0.39 is 12.7 Å². The molecular formula is C11H8Cl2F2N6O. The number of carbonyl (C=O) groups is 1. The van der Waals surface area contributed by atoms with Gasteiger partial charge in [0.05, 0.1) is 21.4 Å². The van der Waals surface area contributed by atoms with Crippen molar-refractivity contribution in [2.75, 3.05) is 5.01 Å². The molecular weight excluding hydrogens is 341 g/mol. The van der Waals surface area contributed by atoms with Crippen LogP contribution in [-0.4, -0.2) is 29.7 Å². The lowest BCUT2D eigenvalue weighted by atomic mass is 10.2. The van der Waals surface area contributed by atoms with E-state index in [0.29, 0.717) is 11.2 Å². The quantitative estimate of drug-likeness (QED) is 0.269. The summed E-state index contributed by atoms with van der Waals surface area (Å²) in [4.78, 5) is 14.3. The molecule has 0 saturated carbocycles. The van der Waals surface area contributed by atoms with Gasteiger partial charge in [0.15, 0.2) is 12.5 Å². The lowest BCUT2D eigenvalue weighted by molar-refractivity contribution is -0.114. The first kappa shape index (κ1) is 16.3. The van der Waals surface area contributed by atoms with Crippen LogP contribution in [-0.2, 0) is 4.79 Å². The molecule has 0 radical (unpaired) electrons. The number of aldehydes is 1. The fraction of sp³-hybridized carbons (Fsp3) is 0.273. The summed E-state index contributed by atoms with van der Waals surface area (Å²) in [5.41, 5.74) is 8.64. The molecule has 22 heavy (non-hydrogen) atoms. The number of amidine groups is 1. The maximum atomic E-state index is 13.0. The van der Waals surface area contributed by atoms with Crippen molar-refractivity contribution in [3.63, 3.8) is 0 Å². The Kier molecular flexibility index (Phi) is 4.70. The van der Waals surface area contributed by atoms with Crippen molar-refractivity contribution in [3.05, 3.63) is 32.6 Å². The maximum Gasteiger partial charge on any atom is 0.318 e. The Hall–Kier alpha value is -2.09. The van der Waals surface area contributed by atoms with E-state index >= 15 is 0 Å². The van der Waals surface area contributed by atoms with Gasteiger partial charge < -0.3 is 0 Å². The first-order chi connectivity index (χ1) is 10.4. The van der Waals surface area contributed by atoms with Gasteiger partial charge in [-0.15, -0.1) is 0 Å². The van der Waals surface area contributed by atoms with Crippen LogP contribution in [0.15, 0.2) is 22.3 Å². The predicted octanol–water partition coefficient (Wildman–Crippen LogP) is 4.14. The van der Waals surface area contributed by atoms with Gasteiger partial charge in [-0.05, 0) is 24.6 Å². The van der Waals surface area contributed by atoms with Gasteiger partial charge in [0.25, 0.3) is 0 Å². The van der Waals surface area contributed by atoms with Gasteiger partial charge in [0, 0.05) is 4.91 Å². The molecule has 0 aliphatic carbocycles. The maximum absolute atomic E-state index is 13.0. The number of hydrazone groups is 1. The van der Waals surface area contributed by atoms with E-state index in [4.69, 9.17) is 28.7 Å². The highest BCUT2D eigenvalue weighted by Crippen LogP contribution is 2.39. The number of nitrogens with zero attached hydrogens (tertiary/aromatic N) is 6. The lowest BCUT2D eigenvalue weighted by Crippen LogP contribution is -2.45. The van der Waals surface area contributed by atoms with Crippen LogP contribution in [0.3, 0.4) is 0 Å². The smallest absolute Gasteiger partial charge is 0.299 e. The molecule has 0 spiro atoms. The topological polar surface area (TPSA) is 84.7 Å². The van der Waals surface area contributed by atoms with E-state index in [1.165, 1.54) is 19.1 Å². The third kappa shape index (κ3) is 2.78. The Balaban J connectivity index is 2.54. The Morgan fingerprint density at radius 3 is 2.68 bits per heavy atom. The van der Waals surface area contributed by atoms with Gasteiger partial charge in [0.1, 0.15) is 5.84 Å². The summed E-state index contributed by atoms with van der Waals surface area (Å²) in [6.45, 7) is -1.58. The van der Waals surface area contributed by atoms with Gasteiger partial charge in [0.2, 0.25) is 0 Å². The normalized spacial score (nSPS) is 17.5. The van der Waals surface area contributed by atoms with E-state index in [1.807, 2.05) is 0 Å². The summed E-state index contributed by atoms with van der Waals surface area (Å²) in [6, 6.07) is 2.55. The summed E-state index contributed by atoms with van der Waals surface area (Å²) in [5.74, 6) is -0.0524. The molecule has 1 aliphatic heterocycles. The number of alkyl halides is 2. The number of anilines is 1. The third-order valence-corrected chi connectivity index (χ3v) is 3.51. The molecule has 2 rings (SSSR count). The number of carbonyl (C=O) groups excluding carboxylic acids is 1. The minimum absolute atomic E-state index is 0.0385. The fourth-order valence-corrected chi connectivity index (χ4v) is 2.49. The third-order valence-electron chi connectivity index (χ3n) is 2.91. The molecule has 0 saturated heterocycles. The molecule has 0 bridgehead atoms. The van der Waals surface area contributed by atoms with Crippen molar-refractivity contribution < 1.29 is 13.6 Å². The molecule has 7 nitrogen and oxygen atoms in total. The zero-order valence-corrected chi connectivity index (χ0v) is 12.5. The molecule has 1 unspecified atom stereocenters. The van der Waals surface area contributed by atoms with Crippen molar-refractivity contribution in [2.24, 2.45) is 10.2 Å². The van der Waals surface area contributed by atoms with Crippen LogP contribution in [0, 0.1) is 0 Å². The molecule has 11 heteroatoms. The van der Waals surface area contributed by atoms with E-state index in [9.17, 15) is 13.6 Å². The Labute approximate surface area is 133 Å². The first-order valence-corrected chi connectivity index (χ1v) is 6.56. The molecule has 0 fully saturated rings. The van der Waals surface area contributed by atoms with E-state index in [1.54, 1.807) is 0 Å². The van der Waals surface area contributed by atoms with Crippen molar-refractivity contribution in [1.29, 1.82) is 0 Å². The zero-order valence-electron chi connectivity index (χ0n) is 11.0. The predicted molar refractivity (Wildman–Crippen MR) is 78.6 cm³/mol. The van der Waals surface area contributed by atoms with E-state index in [-0.39, 0.29) is 27.3 Å². The monoisotopic (exact) mass is 348 g/mol. The summed E-state index contributed by atoms with van der Waals surface area (Å²) in [5, 5.41) is 8.45. The highest BCUT2D eigenvalue weighted by molar-refractivity contribution is 6.37. The van der Waals surface area contributed by atoms with Crippen LogP contribution in [0.5, 0.6) is 0 Å². The van der Waals surface area contributed by atoms with Crippen LogP contribution in [0.1, 0.15) is 6.92 Å². The second kappa shape index (κ2) is 6.35. The fourth-order valence-electron chi connectivity index (χ4n) is 1.98. The van der Waals surface area contributed by atoms with Gasteiger partial charge >= 0.3 is 6.55 Å². The molecule has 0 amide bonds. The number of rotatable bonds is 4. The van der Waals surface area contributed by atoms with Crippen molar-refractivity contribution in [3.8, 4) is 0 Å². The second-order valence-corrected chi connectivity index (χ2v) is 4.99. The molecule has 0 aromatic heterocycles. The van der Waals surface area contributed by atoms with Crippen molar-refractivity contribution in [2.45, 2.75) is 19.6 Å². The highest BCUT2D eigenvalue weighted by Gasteiger charge is 2.38. The number of hydrogen-bond donors (Lipinski definition) is 0. The molecule has 0 N–H and O–H groups in total. The largest absolute Gasteiger partial charge is 0.318 e. The summed E-state index contributed by atoms with van der Waals surface area (Å²) >= 11 is 11.9. The highest BCUT2D eigenvalue weighted by atomic mass is 35.5. The summed E-state index contributed by atoms with van der Waals surface area (Å²) in [6.07, 6.45) is -1.05. The SMILES string of the molecule is CC1=NN(c2cc(N=[N+]=[N-])c(Cl)cc2Cl)C(C=O)N1C(F)F. The van der Waals surface area contributed by atoms with Crippen molar-refractivity contribution >= 4 is 46.7 Å². The number of azide groups is 1. The van der Waals surface area contributed by atoms with E-state index in [0.717, 1.165) is 5.01 Å². The second-order valence-electron chi connectivity index (χ2n) is 4.17. The molecule has 1 aromatic rings. The molecule has 1 aromatic carbocycles. The standard InChI is InChI=1S/C11H8Cl2F2N6O/c1-5-18-21(10(4-22)20(5)11(14)15)9-3-8(17-19-16)6(12)2-7(9)13/h2-4,10-11H,1H3. The Bertz CT molecular complexity index is 691. The molecule has 116 valence electrons. The minimum Gasteiger partial charge on any atom is -0.299 e. The zero-order chi connectivity index (χ0) is 16.4. The molecule has 1 atom stereocenters. The van der Waals surface area contributed by atoms with Gasteiger partial charge in [-0.1, -0.05) is 28.3 Å². The van der Waals surface area contributed by atoms with Crippen LogP contribution in [0.4, 0.5) is 20.2 Å². The molecule has 1 heterocycles. The summed E-state index contributed by atoms with van der Waals surface area (Å²) < 4.78 is 26.0.